The Morgan fingerprint density at radius 3 is 2.32 bits per heavy atom. The molecule has 0 spiro atoms. The second kappa shape index (κ2) is 18.5. The van der Waals surface area contributed by atoms with Gasteiger partial charge in [0.1, 0.15) is 5.75 Å². The highest BCUT2D eigenvalue weighted by atomic mass is 35.5. The van der Waals surface area contributed by atoms with Gasteiger partial charge in [-0.1, -0.05) is 105 Å². The van der Waals surface area contributed by atoms with E-state index in [4.69, 9.17) is 21.4 Å². The number of rotatable bonds is 15. The molecule has 0 saturated heterocycles. The van der Waals surface area contributed by atoms with Gasteiger partial charge in [0.05, 0.1) is 33.5 Å². The van der Waals surface area contributed by atoms with Crippen LogP contribution in [0.3, 0.4) is 0 Å². The summed E-state index contributed by atoms with van der Waals surface area (Å²) in [4.78, 5) is 46.0. The number of benzene rings is 5. The number of fused-ring (bicyclic) bond motifs is 2. The van der Waals surface area contributed by atoms with Crippen LogP contribution < -0.4 is 9.46 Å². The predicted molar refractivity (Wildman–Crippen MR) is 233 cm³/mol. The lowest BCUT2D eigenvalue weighted by atomic mass is 9.98. The lowest BCUT2D eigenvalue weighted by Gasteiger charge is -2.29. The van der Waals surface area contributed by atoms with Crippen molar-refractivity contribution in [1.29, 1.82) is 0 Å². The first-order chi connectivity index (χ1) is 29.0. The Hall–Kier alpha value is -5.98. The van der Waals surface area contributed by atoms with E-state index >= 15 is 0 Å². The van der Waals surface area contributed by atoms with E-state index in [0.29, 0.717) is 50.3 Å². The van der Waals surface area contributed by atoms with Gasteiger partial charge in [0.2, 0.25) is 0 Å². The molecule has 0 saturated carbocycles. The molecule has 310 valence electrons. The monoisotopic (exact) mass is 845 g/mol. The van der Waals surface area contributed by atoms with Crippen molar-refractivity contribution in [3.05, 3.63) is 153 Å². The largest absolute Gasteiger partial charge is 0.494 e. The van der Waals surface area contributed by atoms with Gasteiger partial charge in [-0.05, 0) is 96.1 Å². The second-order valence-electron chi connectivity index (χ2n) is 15.0. The molecule has 13 heteroatoms. The molecule has 0 bridgehead atoms. The van der Waals surface area contributed by atoms with Crippen molar-refractivity contribution in [2.24, 2.45) is 0 Å². The number of carbonyl (C=O) groups excluding carboxylic acids is 3. The third-order valence-electron chi connectivity index (χ3n) is 10.8. The minimum atomic E-state index is -4.29. The van der Waals surface area contributed by atoms with Crippen molar-refractivity contribution in [1.82, 2.24) is 24.3 Å². The van der Waals surface area contributed by atoms with Crippen molar-refractivity contribution >= 4 is 50.1 Å². The molecule has 0 unspecified atom stereocenters. The third kappa shape index (κ3) is 9.25. The third-order valence-corrected chi connectivity index (χ3v) is 12.6. The van der Waals surface area contributed by atoms with E-state index in [1.54, 1.807) is 34.9 Å². The standard InChI is InChI=1S/C47H48ClN5O6S/c1-4-6-25-51(30-33-16-20-39(21-17-33)59-27-7-5-2)47(56)44-43(48)32(3)53(49-44)42-23-19-37(29-41(42)46(55)52-26-24-35-13-9-11-15-38(35)31-52)45(54)50-60(57,58)40-22-18-34-12-8-10-14-36(34)28-40/h8-23,28-29H,4-7,24-27,30-31H2,1-3H3,(H,50,54). The summed E-state index contributed by atoms with van der Waals surface area (Å²) in [7, 11) is -4.29. The van der Waals surface area contributed by atoms with E-state index in [0.717, 1.165) is 53.5 Å². The van der Waals surface area contributed by atoms with E-state index in [1.165, 1.54) is 35.0 Å². The molecule has 1 N–H and O–H groups in total. The lowest BCUT2D eigenvalue weighted by molar-refractivity contribution is 0.0729. The molecular formula is C47H48ClN5O6S. The van der Waals surface area contributed by atoms with Gasteiger partial charge >= 0.3 is 0 Å². The number of sulfonamides is 1. The smallest absolute Gasteiger partial charge is 0.276 e. The highest BCUT2D eigenvalue weighted by molar-refractivity contribution is 7.90. The van der Waals surface area contributed by atoms with E-state index in [-0.39, 0.29) is 38.3 Å². The van der Waals surface area contributed by atoms with Crippen LogP contribution in [0.5, 0.6) is 5.75 Å². The number of halogens is 1. The van der Waals surface area contributed by atoms with E-state index in [2.05, 4.69) is 18.6 Å². The van der Waals surface area contributed by atoms with Crippen LogP contribution in [-0.4, -0.2) is 65.4 Å². The van der Waals surface area contributed by atoms with Gasteiger partial charge in [0, 0.05) is 31.7 Å². The van der Waals surface area contributed by atoms with Crippen LogP contribution in [0.2, 0.25) is 5.02 Å². The molecule has 2 heterocycles. The van der Waals surface area contributed by atoms with Crippen LogP contribution in [0.15, 0.2) is 114 Å². The summed E-state index contributed by atoms with van der Waals surface area (Å²) in [5, 5.41) is 6.43. The van der Waals surface area contributed by atoms with E-state index in [1.807, 2.05) is 60.7 Å². The van der Waals surface area contributed by atoms with Gasteiger partial charge in [-0.2, -0.15) is 5.10 Å². The number of amides is 3. The zero-order valence-corrected chi connectivity index (χ0v) is 35.6. The number of aromatic nitrogens is 2. The minimum absolute atomic E-state index is 0.0263. The van der Waals surface area contributed by atoms with Crippen LogP contribution in [0, 0.1) is 6.92 Å². The maximum absolute atomic E-state index is 14.6. The van der Waals surface area contributed by atoms with Crippen LogP contribution >= 0.6 is 11.6 Å². The lowest BCUT2D eigenvalue weighted by Crippen LogP contribution is -2.37. The highest BCUT2D eigenvalue weighted by Crippen LogP contribution is 2.30. The Kier molecular flexibility index (Phi) is 13.0. The summed E-state index contributed by atoms with van der Waals surface area (Å²) >= 11 is 6.93. The number of unbranched alkanes of at least 4 members (excludes halogenated alkanes) is 2. The molecule has 6 aromatic rings. The number of nitrogens with zero attached hydrogens (tertiary/aromatic N) is 4. The molecule has 0 radical (unpaired) electrons. The summed E-state index contributed by atoms with van der Waals surface area (Å²) in [5.41, 5.74) is 3.84. The first-order valence-electron chi connectivity index (χ1n) is 20.3. The molecule has 1 aromatic heterocycles. The Bertz CT molecular complexity index is 2660. The number of hydrogen-bond acceptors (Lipinski definition) is 7. The van der Waals surface area contributed by atoms with Crippen molar-refractivity contribution < 1.29 is 27.5 Å². The maximum atomic E-state index is 14.6. The predicted octanol–water partition coefficient (Wildman–Crippen LogP) is 8.93. The first kappa shape index (κ1) is 42.2. The summed E-state index contributed by atoms with van der Waals surface area (Å²) < 4.78 is 36.5. The van der Waals surface area contributed by atoms with Gasteiger partial charge in [-0.25, -0.2) is 17.8 Å². The molecule has 1 aliphatic rings. The molecule has 5 aromatic carbocycles. The zero-order valence-electron chi connectivity index (χ0n) is 34.0. The van der Waals surface area contributed by atoms with E-state index in [9.17, 15) is 22.8 Å². The van der Waals surface area contributed by atoms with Crippen molar-refractivity contribution in [3.63, 3.8) is 0 Å². The normalized spacial score (nSPS) is 12.6. The maximum Gasteiger partial charge on any atom is 0.276 e. The minimum Gasteiger partial charge on any atom is -0.494 e. The molecule has 1 aliphatic heterocycles. The summed E-state index contributed by atoms with van der Waals surface area (Å²) in [6.45, 7) is 8.06. The SMILES string of the molecule is CCCCOc1ccc(CN(CCCC)C(=O)c2nn(-c3ccc(C(=O)NS(=O)(=O)c4ccc5ccccc5c4)cc3C(=O)N3CCc4ccccc4C3)c(C)c2Cl)cc1. The Morgan fingerprint density at radius 2 is 1.57 bits per heavy atom. The van der Waals surface area contributed by atoms with Gasteiger partial charge in [0.15, 0.2) is 5.69 Å². The number of ether oxygens (including phenoxy) is 1. The molecule has 7 rings (SSSR count). The highest BCUT2D eigenvalue weighted by Gasteiger charge is 2.30. The molecule has 0 aliphatic carbocycles. The van der Waals surface area contributed by atoms with Crippen LogP contribution in [0.25, 0.3) is 16.5 Å². The van der Waals surface area contributed by atoms with Crippen molar-refractivity contribution in [3.8, 4) is 11.4 Å². The van der Waals surface area contributed by atoms with Crippen molar-refractivity contribution in [2.45, 2.75) is 70.9 Å². The average Bonchev–Trinajstić information content (AvgIpc) is 3.56. The molecule has 0 atom stereocenters. The summed E-state index contributed by atoms with van der Waals surface area (Å²) in [6.07, 6.45) is 4.27. The van der Waals surface area contributed by atoms with Gasteiger partial charge in [0.25, 0.3) is 27.7 Å². The van der Waals surface area contributed by atoms with Crippen LogP contribution in [0.4, 0.5) is 0 Å². The van der Waals surface area contributed by atoms with Crippen LogP contribution in [0.1, 0.15) is 93.1 Å². The molecule has 60 heavy (non-hydrogen) atoms. The Labute approximate surface area is 356 Å². The Morgan fingerprint density at radius 1 is 0.850 bits per heavy atom. The van der Waals surface area contributed by atoms with Crippen molar-refractivity contribution in [2.75, 3.05) is 19.7 Å². The van der Waals surface area contributed by atoms with Crippen LogP contribution in [-0.2, 0) is 29.5 Å². The quantitative estimate of drug-likeness (QED) is 0.102. The zero-order chi connectivity index (χ0) is 42.4. The van der Waals surface area contributed by atoms with Gasteiger partial charge in [-0.3, -0.25) is 14.4 Å². The number of hydrogen-bond donors (Lipinski definition) is 1. The topological polar surface area (TPSA) is 131 Å². The number of nitrogens with one attached hydrogen (secondary N) is 1. The summed E-state index contributed by atoms with van der Waals surface area (Å²) in [6, 6.07) is 31.9. The molecule has 0 fully saturated rings. The fourth-order valence-corrected chi connectivity index (χ4v) is 8.51. The average molecular weight is 846 g/mol. The Balaban J connectivity index is 1.21. The molecule has 11 nitrogen and oxygen atoms in total. The van der Waals surface area contributed by atoms with Gasteiger partial charge in [-0.15, -0.1) is 0 Å². The second-order valence-corrected chi connectivity index (χ2v) is 17.1. The van der Waals surface area contributed by atoms with Gasteiger partial charge < -0.3 is 14.5 Å². The fourth-order valence-electron chi connectivity index (χ4n) is 7.30. The molecule has 3 amide bonds. The number of carbonyl (C=O) groups is 3. The first-order valence-corrected chi connectivity index (χ1v) is 22.2. The fraction of sp³-hybridized carbons (Fsp3) is 0.277. The van der Waals surface area contributed by atoms with E-state index < -0.39 is 21.8 Å². The summed E-state index contributed by atoms with van der Waals surface area (Å²) in [5.74, 6) is -0.901. The molecular weight excluding hydrogens is 798 g/mol.